The van der Waals surface area contributed by atoms with Crippen LogP contribution in [-0.4, -0.2) is 6.29 Å². The predicted octanol–water partition coefficient (Wildman–Crippen LogP) is 0.646. The van der Waals surface area contributed by atoms with Gasteiger partial charge in [0.2, 0.25) is 0 Å². The van der Waals surface area contributed by atoms with Gasteiger partial charge in [0.05, 0.1) is 0 Å². The minimum Gasteiger partial charge on any atom is -0.541 e. The number of nitriles is 1. The van der Waals surface area contributed by atoms with Crippen molar-refractivity contribution in [1.82, 2.24) is 0 Å². The van der Waals surface area contributed by atoms with Crippen LogP contribution in [0, 0.1) is 17.2 Å². The van der Waals surface area contributed by atoms with E-state index in [1.165, 1.54) is 0 Å². The fourth-order valence-electron chi connectivity index (χ4n) is 0.201. The van der Waals surface area contributed by atoms with Crippen LogP contribution >= 0.6 is 0 Å². The Bertz CT molecular complexity index is 92.7. The summed E-state index contributed by atoms with van der Waals surface area (Å²) in [6, 6.07) is 1.78. The quantitative estimate of drug-likeness (QED) is 0.473. The number of carbonyl (C=O) groups excluding carboxylic acids is 1. The molecule has 0 amide bonds. The van der Waals surface area contributed by atoms with Crippen LogP contribution in [-0.2, 0) is 4.79 Å². The van der Waals surface area contributed by atoms with E-state index in [-0.39, 0.29) is 0 Å². The summed E-state index contributed by atoms with van der Waals surface area (Å²) in [6.07, 6.45) is 2.16. The van der Waals surface area contributed by atoms with Gasteiger partial charge in [-0.2, -0.15) is 0 Å². The summed E-state index contributed by atoms with van der Waals surface area (Å²) in [5.74, 6) is -0.514. The molecular formula is C5H6NO-. The smallest absolute Gasteiger partial charge is 0.0363 e. The molecule has 1 atom stereocenters. The lowest BCUT2D eigenvalue weighted by Crippen LogP contribution is -1.93. The van der Waals surface area contributed by atoms with Crippen molar-refractivity contribution in [3.05, 3.63) is 0 Å². The van der Waals surface area contributed by atoms with Crippen molar-refractivity contribution in [2.45, 2.75) is 13.3 Å². The minimum atomic E-state index is -0.514. The van der Waals surface area contributed by atoms with E-state index in [2.05, 4.69) is 0 Å². The maximum absolute atomic E-state index is 9.62. The van der Waals surface area contributed by atoms with Gasteiger partial charge in [0.25, 0.3) is 0 Å². The van der Waals surface area contributed by atoms with Gasteiger partial charge in [-0.15, -0.1) is 0 Å². The molecule has 0 saturated carbocycles. The summed E-state index contributed by atoms with van der Waals surface area (Å²) >= 11 is 0. The summed E-state index contributed by atoms with van der Waals surface area (Å²) in [6.45, 7) is 1.78. The van der Waals surface area contributed by atoms with E-state index in [1.54, 1.807) is 19.3 Å². The topological polar surface area (TPSA) is 40.9 Å². The highest BCUT2D eigenvalue weighted by Gasteiger charge is 1.83. The van der Waals surface area contributed by atoms with Crippen LogP contribution in [0.4, 0.5) is 0 Å². The number of hydrogen-bond donors (Lipinski definition) is 0. The second kappa shape index (κ2) is 3.35. The molecule has 0 saturated heterocycles. The molecule has 38 valence electrons. The lowest BCUT2D eigenvalue weighted by atomic mass is 10.1. The highest BCUT2D eigenvalue weighted by Crippen LogP contribution is 1.92. The molecule has 0 N–H and O–H groups in total. The average Bonchev–Trinajstić information content (AvgIpc) is 1.72. The van der Waals surface area contributed by atoms with Gasteiger partial charge in [0.1, 0.15) is 0 Å². The Morgan fingerprint density at radius 2 is 2.57 bits per heavy atom. The highest BCUT2D eigenvalue weighted by molar-refractivity contribution is 5.58. The zero-order chi connectivity index (χ0) is 5.70. The van der Waals surface area contributed by atoms with Gasteiger partial charge in [-0.1, -0.05) is 19.3 Å². The standard InChI is InChI=1S/C5H6NO/c1-2-5(3-6)4-7/h5H,2H2,1H3/q-1. The maximum Gasteiger partial charge on any atom is 0.0363 e. The lowest BCUT2D eigenvalue weighted by molar-refractivity contribution is 0.537. The van der Waals surface area contributed by atoms with Gasteiger partial charge in [-0.05, 0) is 0 Å². The van der Waals surface area contributed by atoms with Gasteiger partial charge >= 0.3 is 0 Å². The third kappa shape index (κ3) is 1.94. The molecule has 0 spiro atoms. The molecule has 2 nitrogen and oxygen atoms in total. The van der Waals surface area contributed by atoms with Crippen LogP contribution in [0.1, 0.15) is 13.3 Å². The fourth-order valence-corrected chi connectivity index (χ4v) is 0.201. The normalized spacial score (nSPS) is 12.0. The SMILES string of the molecule is CCC(C#N)[C-]=O. The van der Waals surface area contributed by atoms with E-state index in [4.69, 9.17) is 5.26 Å². The predicted molar refractivity (Wildman–Crippen MR) is 25.1 cm³/mol. The Kier molecular flexibility index (Phi) is 2.95. The van der Waals surface area contributed by atoms with Crippen LogP contribution in [0.5, 0.6) is 0 Å². The van der Waals surface area contributed by atoms with Crippen LogP contribution in [0.2, 0.25) is 0 Å². The molecule has 0 radical (unpaired) electrons. The van der Waals surface area contributed by atoms with Crippen molar-refractivity contribution in [2.24, 2.45) is 5.92 Å². The van der Waals surface area contributed by atoms with Crippen LogP contribution in [0.25, 0.3) is 0 Å². The zero-order valence-electron chi connectivity index (χ0n) is 4.14. The van der Waals surface area contributed by atoms with E-state index in [0.717, 1.165) is 0 Å². The molecule has 0 aromatic heterocycles. The molecule has 0 fully saturated rings. The van der Waals surface area contributed by atoms with Crippen molar-refractivity contribution < 1.29 is 4.79 Å². The van der Waals surface area contributed by atoms with Crippen molar-refractivity contribution in [3.8, 4) is 6.07 Å². The molecule has 0 aromatic rings. The van der Waals surface area contributed by atoms with Crippen molar-refractivity contribution in [3.63, 3.8) is 0 Å². The molecule has 7 heavy (non-hydrogen) atoms. The molecule has 0 aliphatic heterocycles. The molecule has 0 aliphatic rings. The zero-order valence-corrected chi connectivity index (χ0v) is 4.14. The van der Waals surface area contributed by atoms with Crippen LogP contribution < -0.4 is 0 Å². The van der Waals surface area contributed by atoms with Crippen molar-refractivity contribution in [2.75, 3.05) is 0 Å². The third-order valence-corrected chi connectivity index (χ3v) is 0.706. The lowest BCUT2D eigenvalue weighted by Gasteiger charge is -2.00. The molecule has 0 aromatic carbocycles. The number of rotatable bonds is 2. The minimum absolute atomic E-state index is 0.514. The third-order valence-electron chi connectivity index (χ3n) is 0.706. The molecule has 0 bridgehead atoms. The second-order valence-corrected chi connectivity index (χ2v) is 1.21. The first kappa shape index (κ1) is 6.16. The number of hydrogen-bond acceptors (Lipinski definition) is 2. The van der Waals surface area contributed by atoms with E-state index in [9.17, 15) is 4.79 Å². The number of nitrogens with zero attached hydrogens (tertiary/aromatic N) is 1. The fraction of sp³-hybridized carbons (Fsp3) is 0.600. The highest BCUT2D eigenvalue weighted by atomic mass is 16.1. The van der Waals surface area contributed by atoms with Crippen LogP contribution in [0.3, 0.4) is 0 Å². The molecule has 1 unspecified atom stereocenters. The molecule has 0 aliphatic carbocycles. The Hall–Kier alpha value is -0.840. The Morgan fingerprint density at radius 3 is 2.57 bits per heavy atom. The van der Waals surface area contributed by atoms with Gasteiger partial charge < -0.3 is 4.79 Å². The summed E-state index contributed by atoms with van der Waals surface area (Å²) < 4.78 is 0. The molecule has 0 rings (SSSR count). The largest absolute Gasteiger partial charge is 0.541 e. The van der Waals surface area contributed by atoms with Gasteiger partial charge in [0.15, 0.2) is 0 Å². The van der Waals surface area contributed by atoms with E-state index in [1.807, 2.05) is 0 Å². The van der Waals surface area contributed by atoms with Gasteiger partial charge in [0, 0.05) is 6.07 Å². The summed E-state index contributed by atoms with van der Waals surface area (Å²) in [5, 5.41) is 8.01. The average molecular weight is 96.1 g/mol. The van der Waals surface area contributed by atoms with Gasteiger partial charge in [-0.3, -0.25) is 0 Å². The van der Waals surface area contributed by atoms with Crippen molar-refractivity contribution in [1.29, 1.82) is 5.26 Å². The summed E-state index contributed by atoms with van der Waals surface area (Å²) in [4.78, 5) is 9.62. The van der Waals surface area contributed by atoms with Crippen molar-refractivity contribution >= 4 is 6.29 Å². The van der Waals surface area contributed by atoms with E-state index in [0.29, 0.717) is 6.42 Å². The first-order valence-electron chi connectivity index (χ1n) is 2.12. The van der Waals surface area contributed by atoms with Crippen LogP contribution in [0.15, 0.2) is 0 Å². The molecular weight excluding hydrogens is 90.1 g/mol. The maximum atomic E-state index is 9.62. The second-order valence-electron chi connectivity index (χ2n) is 1.21. The first-order chi connectivity index (χ1) is 3.35. The van der Waals surface area contributed by atoms with E-state index < -0.39 is 5.92 Å². The molecule has 2 heteroatoms. The Morgan fingerprint density at radius 1 is 2.00 bits per heavy atom. The summed E-state index contributed by atoms with van der Waals surface area (Å²) in [5.41, 5.74) is 0. The first-order valence-corrected chi connectivity index (χ1v) is 2.12. The van der Waals surface area contributed by atoms with E-state index >= 15 is 0 Å². The summed E-state index contributed by atoms with van der Waals surface area (Å²) in [7, 11) is 0. The van der Waals surface area contributed by atoms with Gasteiger partial charge in [-0.25, -0.2) is 11.5 Å². The molecule has 0 heterocycles. The Balaban J connectivity index is 3.43. The monoisotopic (exact) mass is 96.0 g/mol. The Labute approximate surface area is 42.8 Å².